The Morgan fingerprint density at radius 2 is 1.91 bits per heavy atom. The smallest absolute Gasteiger partial charge is 0.336 e. The summed E-state index contributed by atoms with van der Waals surface area (Å²) in [5, 5.41) is 26.4. The number of epoxide rings is 1. The van der Waals surface area contributed by atoms with E-state index >= 15 is 0 Å². The fourth-order valence-electron chi connectivity index (χ4n) is 12.0. The molecule has 2 aliphatic heterocycles. The predicted molar refractivity (Wildman–Crippen MR) is 174 cm³/mol. The highest BCUT2D eigenvalue weighted by atomic mass is 16.6. The molecular formula is C38H50N2O6. The third-order valence-electron chi connectivity index (χ3n) is 14.5. The molecule has 6 unspecified atom stereocenters. The van der Waals surface area contributed by atoms with Crippen LogP contribution in [0.5, 0.6) is 0 Å². The number of aliphatic hydroxyl groups is 2. The van der Waals surface area contributed by atoms with Gasteiger partial charge in [0.1, 0.15) is 23.6 Å². The molecule has 8 nitrogen and oxygen atoms in total. The zero-order valence-corrected chi connectivity index (χ0v) is 27.7. The van der Waals surface area contributed by atoms with Crippen LogP contribution in [0.3, 0.4) is 0 Å². The van der Waals surface area contributed by atoms with Gasteiger partial charge in [-0.25, -0.2) is 4.79 Å². The third kappa shape index (κ3) is 4.12. The number of rotatable bonds is 7. The van der Waals surface area contributed by atoms with Crippen molar-refractivity contribution in [2.75, 3.05) is 13.2 Å². The number of ether oxygens (including phenoxy) is 2. The van der Waals surface area contributed by atoms with E-state index in [2.05, 4.69) is 55.5 Å². The van der Waals surface area contributed by atoms with Crippen molar-refractivity contribution in [1.82, 2.24) is 10.3 Å². The Kier molecular flexibility index (Phi) is 7.19. The molecule has 12 atom stereocenters. The average molecular weight is 631 g/mol. The monoisotopic (exact) mass is 630 g/mol. The van der Waals surface area contributed by atoms with Gasteiger partial charge < -0.3 is 30.0 Å². The van der Waals surface area contributed by atoms with Gasteiger partial charge >= 0.3 is 5.97 Å². The summed E-state index contributed by atoms with van der Waals surface area (Å²) in [7, 11) is 0. The molecule has 2 aromatic rings. The molecule has 8 rings (SSSR count). The number of carbonyl (C=O) groups excluding carboxylic acids is 2. The number of para-hydroxylation sites is 1. The second kappa shape index (κ2) is 10.7. The van der Waals surface area contributed by atoms with Gasteiger partial charge in [0, 0.05) is 36.0 Å². The van der Waals surface area contributed by atoms with E-state index in [1.54, 1.807) is 0 Å². The fraction of sp³-hybridized carbons (Fsp3) is 0.684. The van der Waals surface area contributed by atoms with Gasteiger partial charge in [0.25, 0.3) is 0 Å². The maximum atomic E-state index is 14.3. The van der Waals surface area contributed by atoms with Crippen molar-refractivity contribution in [3.63, 3.8) is 0 Å². The quantitative estimate of drug-likeness (QED) is 0.254. The van der Waals surface area contributed by atoms with E-state index in [9.17, 15) is 19.8 Å². The molecule has 4 N–H and O–H groups in total. The zero-order chi connectivity index (χ0) is 32.2. The average Bonchev–Trinajstić information content (AvgIpc) is 3.47. The van der Waals surface area contributed by atoms with Crippen LogP contribution >= 0.6 is 0 Å². The lowest BCUT2D eigenvalue weighted by molar-refractivity contribution is -0.169. The Balaban J connectivity index is 0.976. The largest absolute Gasteiger partial charge is 0.458 e. The van der Waals surface area contributed by atoms with E-state index in [1.807, 2.05) is 13.0 Å². The Morgan fingerprint density at radius 3 is 2.70 bits per heavy atom. The van der Waals surface area contributed by atoms with Crippen LogP contribution in [-0.4, -0.2) is 70.1 Å². The topological polar surface area (TPSA) is 124 Å². The molecule has 4 saturated carbocycles. The number of Topliss-reactive ketones (excluding diaryl/α,β-unsaturated/α-hetero) is 1. The molecule has 0 bridgehead atoms. The maximum Gasteiger partial charge on any atom is 0.336 e. The van der Waals surface area contributed by atoms with Gasteiger partial charge in [-0.15, -0.1) is 0 Å². The minimum absolute atomic E-state index is 0.0845. The molecule has 8 heteroatoms. The number of aromatic nitrogens is 1. The molecule has 0 radical (unpaired) electrons. The van der Waals surface area contributed by atoms with E-state index < -0.39 is 17.1 Å². The SMILES string of the molecule is CC1=C(CO)C(=O)OC(C(C)C2CCC3[C@@H]4C[C@H]5O[C@]56[C@@H](O)C(NCCc5c[nH]c7ccccc57)CC(=O)[C@]6(C)C4CC[C@]23C)C1. The van der Waals surface area contributed by atoms with Gasteiger partial charge in [0.05, 0.1) is 23.7 Å². The Hall–Kier alpha value is -2.52. The highest BCUT2D eigenvalue weighted by Gasteiger charge is 2.82. The molecule has 0 amide bonds. The molecule has 1 aromatic carbocycles. The van der Waals surface area contributed by atoms with Crippen LogP contribution in [0, 0.1) is 40.4 Å². The van der Waals surface area contributed by atoms with E-state index in [0.29, 0.717) is 42.7 Å². The maximum absolute atomic E-state index is 14.3. The first-order valence-corrected chi connectivity index (χ1v) is 17.7. The second-order valence-corrected chi connectivity index (χ2v) is 16.1. The van der Waals surface area contributed by atoms with Gasteiger partial charge in [0.2, 0.25) is 0 Å². The zero-order valence-electron chi connectivity index (χ0n) is 27.7. The summed E-state index contributed by atoms with van der Waals surface area (Å²) in [4.78, 5) is 30.3. The number of aromatic amines is 1. The number of esters is 1. The number of ketones is 1. The summed E-state index contributed by atoms with van der Waals surface area (Å²) in [6.45, 7) is 9.20. The summed E-state index contributed by atoms with van der Waals surface area (Å²) in [6.07, 6.45) is 8.07. The third-order valence-corrected chi connectivity index (χ3v) is 14.5. The standard InChI is InChI=1S/C38H50N2O6/c1-20-15-31(45-35(44)25(20)19-41)21(2)26-9-10-27-24-16-33-38(46-33)34(43)30(17-32(42)37(38,4)28(24)11-13-36(26,27)3)39-14-12-22-18-40-29-8-6-5-7-23(22)29/h5-8,18,21,24,26-28,30-31,33-34,39-41,43H,9-17,19H2,1-4H3/t21?,24-,26?,27?,28?,30?,31?,33+,34-,36+,37-,38-/m0/s1. The van der Waals surface area contributed by atoms with Crippen molar-refractivity contribution in [1.29, 1.82) is 0 Å². The first-order valence-electron chi connectivity index (χ1n) is 17.7. The van der Waals surface area contributed by atoms with Crippen LogP contribution in [-0.2, 0) is 25.5 Å². The molecule has 6 aliphatic rings. The number of hydrogen-bond acceptors (Lipinski definition) is 7. The summed E-state index contributed by atoms with van der Waals surface area (Å²) in [5.41, 5.74) is 2.36. The summed E-state index contributed by atoms with van der Waals surface area (Å²) < 4.78 is 12.5. The first-order chi connectivity index (χ1) is 22.0. The summed E-state index contributed by atoms with van der Waals surface area (Å²) in [5.74, 6) is 1.61. The molecule has 3 heterocycles. The lowest BCUT2D eigenvalue weighted by atomic mass is 9.43. The van der Waals surface area contributed by atoms with Gasteiger partial charge in [-0.05, 0) is 106 Å². The van der Waals surface area contributed by atoms with Crippen molar-refractivity contribution in [2.45, 2.75) is 109 Å². The van der Waals surface area contributed by atoms with E-state index in [0.717, 1.165) is 49.6 Å². The van der Waals surface area contributed by atoms with E-state index in [4.69, 9.17) is 9.47 Å². The van der Waals surface area contributed by atoms with Crippen LogP contribution in [0.15, 0.2) is 41.6 Å². The molecule has 1 aromatic heterocycles. The van der Waals surface area contributed by atoms with Crippen LogP contribution in [0.2, 0.25) is 0 Å². The number of hydrogen-bond donors (Lipinski definition) is 4. The van der Waals surface area contributed by atoms with Gasteiger partial charge in [-0.3, -0.25) is 4.79 Å². The van der Waals surface area contributed by atoms with Crippen molar-refractivity contribution in [3.8, 4) is 0 Å². The van der Waals surface area contributed by atoms with Crippen LogP contribution in [0.25, 0.3) is 10.9 Å². The van der Waals surface area contributed by atoms with Crippen LogP contribution < -0.4 is 5.32 Å². The summed E-state index contributed by atoms with van der Waals surface area (Å²) >= 11 is 0. The predicted octanol–water partition coefficient (Wildman–Crippen LogP) is 4.87. The van der Waals surface area contributed by atoms with Crippen molar-refractivity contribution in [2.24, 2.45) is 40.4 Å². The highest BCUT2D eigenvalue weighted by molar-refractivity contribution is 5.91. The van der Waals surface area contributed by atoms with Gasteiger partial charge in [0.15, 0.2) is 0 Å². The van der Waals surface area contributed by atoms with Gasteiger partial charge in [-0.1, -0.05) is 37.6 Å². The molecule has 1 saturated heterocycles. The summed E-state index contributed by atoms with van der Waals surface area (Å²) in [6, 6.07) is 7.99. The first kappa shape index (κ1) is 30.8. The molecule has 4 aliphatic carbocycles. The number of aliphatic hydroxyl groups excluding tert-OH is 2. The number of cyclic esters (lactones) is 1. The molecule has 46 heavy (non-hydrogen) atoms. The lowest BCUT2D eigenvalue weighted by Crippen LogP contribution is -2.69. The van der Waals surface area contributed by atoms with Crippen molar-refractivity contribution < 1.29 is 29.3 Å². The van der Waals surface area contributed by atoms with Crippen molar-refractivity contribution >= 4 is 22.7 Å². The minimum Gasteiger partial charge on any atom is -0.458 e. The highest BCUT2D eigenvalue weighted by Crippen LogP contribution is 2.73. The van der Waals surface area contributed by atoms with Crippen LogP contribution in [0.4, 0.5) is 0 Å². The Morgan fingerprint density at radius 1 is 1.11 bits per heavy atom. The van der Waals surface area contributed by atoms with E-state index in [1.165, 1.54) is 10.9 Å². The fourth-order valence-corrected chi connectivity index (χ4v) is 12.0. The van der Waals surface area contributed by atoms with Crippen molar-refractivity contribution in [3.05, 3.63) is 47.2 Å². The molecule has 248 valence electrons. The van der Waals surface area contributed by atoms with E-state index in [-0.39, 0.29) is 53.9 Å². The Labute approximate surface area is 271 Å². The molecular weight excluding hydrogens is 580 g/mol. The van der Waals surface area contributed by atoms with Crippen LogP contribution in [0.1, 0.15) is 78.2 Å². The minimum atomic E-state index is -0.786. The number of nitrogens with one attached hydrogen (secondary N) is 2. The number of carbonyl (C=O) groups is 2. The second-order valence-electron chi connectivity index (χ2n) is 16.1. The number of H-pyrrole nitrogens is 1. The Bertz CT molecular complexity index is 1600. The molecule has 1 spiro atoms. The lowest BCUT2D eigenvalue weighted by Gasteiger charge is -2.59. The normalized spacial score (nSPS) is 43.9. The number of benzene rings is 1. The number of fused-ring (bicyclic) bond motifs is 5. The molecule has 5 fully saturated rings. The van der Waals surface area contributed by atoms with Gasteiger partial charge in [-0.2, -0.15) is 0 Å².